The summed E-state index contributed by atoms with van der Waals surface area (Å²) in [6.07, 6.45) is -0.769. The van der Waals surface area contributed by atoms with E-state index < -0.39 is 16.1 Å². The molecule has 0 saturated carbocycles. The number of aliphatic hydroxyl groups is 1. The highest BCUT2D eigenvalue weighted by Gasteiger charge is 2.18. The first kappa shape index (κ1) is 15.9. The van der Waals surface area contributed by atoms with Crippen molar-refractivity contribution in [2.24, 2.45) is 5.14 Å². The summed E-state index contributed by atoms with van der Waals surface area (Å²) >= 11 is 1.30. The van der Waals surface area contributed by atoms with Gasteiger partial charge in [0.2, 0.25) is 10.0 Å². The minimum Gasteiger partial charge on any atom is -0.384 e. The van der Waals surface area contributed by atoms with Gasteiger partial charge < -0.3 is 5.11 Å². The summed E-state index contributed by atoms with van der Waals surface area (Å²) in [5.74, 6) is 0. The predicted octanol–water partition coefficient (Wildman–Crippen LogP) is 3.14. The van der Waals surface area contributed by atoms with E-state index in [-0.39, 0.29) is 4.90 Å². The Morgan fingerprint density at radius 2 is 1.65 bits per heavy atom. The maximum absolute atomic E-state index is 11.7. The van der Waals surface area contributed by atoms with E-state index in [1.165, 1.54) is 17.4 Å². The number of rotatable bonds is 4. The quantitative estimate of drug-likeness (QED) is 0.762. The van der Waals surface area contributed by atoms with Gasteiger partial charge in [0.25, 0.3) is 0 Å². The fourth-order valence-electron chi connectivity index (χ4n) is 2.41. The van der Waals surface area contributed by atoms with Gasteiger partial charge in [-0.05, 0) is 34.2 Å². The van der Waals surface area contributed by atoms with Gasteiger partial charge >= 0.3 is 0 Å². The van der Waals surface area contributed by atoms with Crippen LogP contribution in [0.1, 0.15) is 17.2 Å². The van der Waals surface area contributed by atoms with Gasteiger partial charge in [-0.25, -0.2) is 13.6 Å². The molecule has 6 heteroatoms. The molecule has 1 aromatic heterocycles. The minimum absolute atomic E-state index is 0.105. The van der Waals surface area contributed by atoms with Crippen molar-refractivity contribution in [3.05, 3.63) is 77.2 Å². The lowest BCUT2D eigenvalue weighted by atomic mass is 9.99. The highest BCUT2D eigenvalue weighted by atomic mass is 32.2. The number of sulfonamides is 1. The normalized spacial score (nSPS) is 13.0. The van der Waals surface area contributed by atoms with Crippen molar-refractivity contribution in [3.63, 3.8) is 0 Å². The summed E-state index contributed by atoms with van der Waals surface area (Å²) in [5, 5.41) is 17.5. The molecule has 0 amide bonds. The van der Waals surface area contributed by atoms with Crippen LogP contribution in [0.5, 0.6) is 0 Å². The second-order valence-corrected chi connectivity index (χ2v) is 7.54. The summed E-state index contributed by atoms with van der Waals surface area (Å²) < 4.78 is 23.3. The Hall–Kier alpha value is -1.99. The van der Waals surface area contributed by atoms with Crippen molar-refractivity contribution in [1.29, 1.82) is 0 Å². The van der Waals surface area contributed by atoms with Crippen LogP contribution in [-0.2, 0) is 10.0 Å². The fraction of sp³-hybridized carbons (Fsp3) is 0.0588. The Bertz CT molecular complexity index is 918. The van der Waals surface area contributed by atoms with E-state index in [4.69, 9.17) is 5.14 Å². The average molecular weight is 345 g/mol. The van der Waals surface area contributed by atoms with E-state index in [2.05, 4.69) is 0 Å². The molecule has 0 saturated heterocycles. The molecule has 1 unspecified atom stereocenters. The topological polar surface area (TPSA) is 80.4 Å². The van der Waals surface area contributed by atoms with E-state index in [0.717, 1.165) is 11.1 Å². The van der Waals surface area contributed by atoms with Gasteiger partial charge in [0.05, 0.1) is 4.88 Å². The second-order valence-electron chi connectivity index (χ2n) is 5.10. The Labute approximate surface area is 138 Å². The van der Waals surface area contributed by atoms with Crippen molar-refractivity contribution in [3.8, 4) is 10.4 Å². The molecule has 0 aliphatic carbocycles. The fourth-order valence-corrected chi connectivity index (χ4v) is 4.41. The Morgan fingerprint density at radius 3 is 2.35 bits per heavy atom. The Morgan fingerprint density at radius 1 is 0.957 bits per heavy atom. The third kappa shape index (κ3) is 3.35. The summed E-state index contributed by atoms with van der Waals surface area (Å²) in [5.41, 5.74) is 2.20. The number of hydrogen-bond donors (Lipinski definition) is 2. The van der Waals surface area contributed by atoms with Crippen molar-refractivity contribution < 1.29 is 13.5 Å². The highest BCUT2D eigenvalue weighted by molar-refractivity contribution is 7.89. The molecule has 0 aliphatic rings. The van der Waals surface area contributed by atoms with Crippen LogP contribution in [0.25, 0.3) is 10.4 Å². The number of primary sulfonamides is 1. The van der Waals surface area contributed by atoms with Crippen LogP contribution in [0.3, 0.4) is 0 Å². The molecule has 0 bridgehead atoms. The zero-order valence-electron chi connectivity index (χ0n) is 12.1. The smallest absolute Gasteiger partial charge is 0.239 e. The molecule has 118 valence electrons. The first-order valence-electron chi connectivity index (χ1n) is 6.90. The van der Waals surface area contributed by atoms with E-state index in [1.54, 1.807) is 17.5 Å². The lowest BCUT2D eigenvalue weighted by Crippen LogP contribution is -2.12. The minimum atomic E-state index is -3.78. The summed E-state index contributed by atoms with van der Waals surface area (Å²) in [4.78, 5) is 0.684. The molecule has 23 heavy (non-hydrogen) atoms. The van der Waals surface area contributed by atoms with Crippen molar-refractivity contribution in [2.45, 2.75) is 11.0 Å². The first-order chi connectivity index (χ1) is 11.0. The second kappa shape index (κ2) is 6.25. The van der Waals surface area contributed by atoms with Crippen LogP contribution in [0.2, 0.25) is 0 Å². The van der Waals surface area contributed by atoms with Crippen molar-refractivity contribution in [1.82, 2.24) is 0 Å². The van der Waals surface area contributed by atoms with Gasteiger partial charge in [-0.2, -0.15) is 0 Å². The first-order valence-corrected chi connectivity index (χ1v) is 9.33. The molecule has 3 rings (SSSR count). The molecule has 1 heterocycles. The molecule has 3 N–H and O–H groups in total. The molecular weight excluding hydrogens is 330 g/mol. The van der Waals surface area contributed by atoms with Gasteiger partial charge in [-0.1, -0.05) is 48.5 Å². The molecule has 0 spiro atoms. The standard InChI is InChI=1S/C17H15NO3S2/c18-23(20,21)15-9-10-22-17(15)14-8-4-7-13(11-14)16(19)12-5-2-1-3-6-12/h1-11,16,19H,(H2,18,20,21). The Kier molecular flexibility index (Phi) is 4.32. The number of thiophene rings is 1. The predicted molar refractivity (Wildman–Crippen MR) is 91.6 cm³/mol. The molecule has 3 aromatic rings. The SMILES string of the molecule is NS(=O)(=O)c1ccsc1-c1cccc(C(O)c2ccccc2)c1. The highest BCUT2D eigenvalue weighted by Crippen LogP contribution is 2.34. The number of hydrogen-bond acceptors (Lipinski definition) is 4. The molecule has 1 atom stereocenters. The molecule has 4 nitrogen and oxygen atoms in total. The lowest BCUT2D eigenvalue weighted by Gasteiger charge is -2.13. The van der Waals surface area contributed by atoms with E-state index in [1.807, 2.05) is 42.5 Å². The molecule has 0 aliphatic heterocycles. The average Bonchev–Trinajstić information content (AvgIpc) is 3.05. The third-order valence-corrected chi connectivity index (χ3v) is 5.56. The van der Waals surface area contributed by atoms with Crippen molar-refractivity contribution in [2.75, 3.05) is 0 Å². The van der Waals surface area contributed by atoms with E-state index in [9.17, 15) is 13.5 Å². The van der Waals surface area contributed by atoms with Crippen molar-refractivity contribution >= 4 is 21.4 Å². The zero-order chi connectivity index (χ0) is 16.4. The molecule has 0 fully saturated rings. The van der Waals surface area contributed by atoms with Gasteiger partial charge in [0, 0.05) is 0 Å². The number of nitrogens with two attached hydrogens (primary N) is 1. The van der Waals surface area contributed by atoms with E-state index >= 15 is 0 Å². The van der Waals surface area contributed by atoms with Crippen LogP contribution in [0.15, 0.2) is 70.9 Å². The van der Waals surface area contributed by atoms with Gasteiger partial charge in [-0.3, -0.25) is 0 Å². The lowest BCUT2D eigenvalue weighted by molar-refractivity contribution is 0.220. The van der Waals surface area contributed by atoms with Gasteiger partial charge in [-0.15, -0.1) is 11.3 Å². The van der Waals surface area contributed by atoms with E-state index in [0.29, 0.717) is 10.4 Å². The molecule has 0 radical (unpaired) electrons. The molecule has 2 aromatic carbocycles. The van der Waals surface area contributed by atoms with Crippen LogP contribution in [0, 0.1) is 0 Å². The number of aliphatic hydroxyl groups excluding tert-OH is 1. The zero-order valence-corrected chi connectivity index (χ0v) is 13.7. The maximum Gasteiger partial charge on any atom is 0.239 e. The largest absolute Gasteiger partial charge is 0.384 e. The van der Waals surface area contributed by atoms with Gasteiger partial charge in [0.1, 0.15) is 11.0 Å². The monoisotopic (exact) mass is 345 g/mol. The maximum atomic E-state index is 11.7. The summed E-state index contributed by atoms with van der Waals surface area (Å²) in [6.45, 7) is 0. The number of benzene rings is 2. The van der Waals surface area contributed by atoms with Crippen LogP contribution >= 0.6 is 11.3 Å². The molecular formula is C17H15NO3S2. The Balaban J connectivity index is 2.03. The van der Waals surface area contributed by atoms with Gasteiger partial charge in [0.15, 0.2) is 0 Å². The van der Waals surface area contributed by atoms with Crippen LogP contribution in [0.4, 0.5) is 0 Å². The summed E-state index contributed by atoms with van der Waals surface area (Å²) in [7, 11) is -3.78. The van der Waals surface area contributed by atoms with Crippen LogP contribution in [-0.4, -0.2) is 13.5 Å². The third-order valence-electron chi connectivity index (χ3n) is 3.52. The van der Waals surface area contributed by atoms with Crippen LogP contribution < -0.4 is 5.14 Å². The summed E-state index contributed by atoms with van der Waals surface area (Å²) in [6, 6.07) is 18.0.